The molecule has 0 radical (unpaired) electrons. The molecule has 106 valence electrons. The summed E-state index contributed by atoms with van der Waals surface area (Å²) in [5, 5.41) is 0. The van der Waals surface area contributed by atoms with Crippen molar-refractivity contribution < 1.29 is 8.42 Å². The van der Waals surface area contributed by atoms with E-state index in [0.717, 1.165) is 5.56 Å². The zero-order chi connectivity index (χ0) is 14.6. The summed E-state index contributed by atoms with van der Waals surface area (Å²) in [5.41, 5.74) is 7.81. The quantitative estimate of drug-likeness (QED) is 0.831. The first-order valence-corrected chi connectivity index (χ1v) is 8.01. The van der Waals surface area contributed by atoms with E-state index in [4.69, 9.17) is 5.73 Å². The molecule has 2 aromatic carbocycles. The van der Waals surface area contributed by atoms with Crippen LogP contribution in [-0.2, 0) is 15.8 Å². The first kappa shape index (κ1) is 14.6. The van der Waals surface area contributed by atoms with E-state index in [1.807, 2.05) is 37.3 Å². The molecule has 2 rings (SSSR count). The molecule has 20 heavy (non-hydrogen) atoms. The molecule has 0 amide bonds. The van der Waals surface area contributed by atoms with Crippen molar-refractivity contribution in [2.45, 2.75) is 18.7 Å². The van der Waals surface area contributed by atoms with Gasteiger partial charge in [-0.1, -0.05) is 48.5 Å². The number of hydrogen-bond donors (Lipinski definition) is 2. The Morgan fingerprint density at radius 2 is 1.65 bits per heavy atom. The van der Waals surface area contributed by atoms with Crippen LogP contribution in [0.1, 0.15) is 24.1 Å². The van der Waals surface area contributed by atoms with Gasteiger partial charge in [0.15, 0.2) is 0 Å². The monoisotopic (exact) mass is 290 g/mol. The van der Waals surface area contributed by atoms with E-state index in [2.05, 4.69) is 4.72 Å². The van der Waals surface area contributed by atoms with Gasteiger partial charge in [0.2, 0.25) is 10.0 Å². The van der Waals surface area contributed by atoms with Gasteiger partial charge in [-0.3, -0.25) is 0 Å². The Hall–Kier alpha value is -1.85. The van der Waals surface area contributed by atoms with Gasteiger partial charge in [-0.15, -0.1) is 0 Å². The summed E-state index contributed by atoms with van der Waals surface area (Å²) in [6, 6.07) is 16.2. The minimum absolute atomic E-state index is 0.114. The molecule has 0 saturated carbocycles. The minimum Gasteiger partial charge on any atom is -0.398 e. The van der Waals surface area contributed by atoms with E-state index >= 15 is 0 Å². The van der Waals surface area contributed by atoms with Crippen LogP contribution < -0.4 is 10.5 Å². The molecule has 0 fully saturated rings. The van der Waals surface area contributed by atoms with Crippen molar-refractivity contribution in [3.05, 3.63) is 65.7 Å². The molecule has 4 nitrogen and oxygen atoms in total. The van der Waals surface area contributed by atoms with E-state index in [1.54, 1.807) is 24.3 Å². The molecule has 0 saturated heterocycles. The van der Waals surface area contributed by atoms with Crippen molar-refractivity contribution in [2.24, 2.45) is 0 Å². The second-order valence-electron chi connectivity index (χ2n) is 4.71. The van der Waals surface area contributed by atoms with E-state index in [1.165, 1.54) is 0 Å². The number of nitrogens with one attached hydrogen (secondary N) is 1. The second-order valence-corrected chi connectivity index (χ2v) is 6.46. The van der Waals surface area contributed by atoms with Crippen molar-refractivity contribution in [2.75, 3.05) is 5.73 Å². The highest BCUT2D eigenvalue weighted by Gasteiger charge is 2.17. The van der Waals surface area contributed by atoms with Crippen LogP contribution in [0.15, 0.2) is 54.6 Å². The van der Waals surface area contributed by atoms with Crippen LogP contribution in [0.5, 0.6) is 0 Å². The Balaban J connectivity index is 2.10. The molecule has 1 atom stereocenters. The summed E-state index contributed by atoms with van der Waals surface area (Å²) < 4.78 is 27.0. The zero-order valence-electron chi connectivity index (χ0n) is 11.3. The van der Waals surface area contributed by atoms with Gasteiger partial charge >= 0.3 is 0 Å². The molecular weight excluding hydrogens is 272 g/mol. The molecule has 0 aromatic heterocycles. The third-order valence-corrected chi connectivity index (χ3v) is 4.46. The number of sulfonamides is 1. The molecule has 0 bridgehead atoms. The lowest BCUT2D eigenvalue weighted by molar-refractivity contribution is 0.566. The molecular formula is C15H18N2O2S. The molecule has 0 aliphatic heterocycles. The number of benzene rings is 2. The van der Waals surface area contributed by atoms with Gasteiger partial charge in [0.25, 0.3) is 0 Å². The number of hydrogen-bond acceptors (Lipinski definition) is 3. The van der Waals surface area contributed by atoms with Crippen LogP contribution in [0.25, 0.3) is 0 Å². The average Bonchev–Trinajstić information content (AvgIpc) is 2.41. The lowest BCUT2D eigenvalue weighted by Crippen LogP contribution is -2.28. The highest BCUT2D eigenvalue weighted by Crippen LogP contribution is 2.17. The van der Waals surface area contributed by atoms with Crippen molar-refractivity contribution in [3.63, 3.8) is 0 Å². The maximum atomic E-state index is 12.2. The Morgan fingerprint density at radius 1 is 1.05 bits per heavy atom. The lowest BCUT2D eigenvalue weighted by atomic mass is 10.1. The summed E-state index contributed by atoms with van der Waals surface area (Å²) in [4.78, 5) is 0. The highest BCUT2D eigenvalue weighted by molar-refractivity contribution is 7.88. The Morgan fingerprint density at radius 3 is 2.30 bits per heavy atom. The summed E-state index contributed by atoms with van der Waals surface area (Å²) >= 11 is 0. The minimum atomic E-state index is -3.43. The Kier molecular flexibility index (Phi) is 4.42. The molecule has 0 heterocycles. The number of para-hydroxylation sites is 1. The van der Waals surface area contributed by atoms with Gasteiger partial charge in [0.1, 0.15) is 0 Å². The van der Waals surface area contributed by atoms with Crippen molar-refractivity contribution in [1.29, 1.82) is 0 Å². The predicted molar refractivity (Wildman–Crippen MR) is 81.5 cm³/mol. The third-order valence-electron chi connectivity index (χ3n) is 3.06. The SMILES string of the molecule is C[C@@H](NS(=O)(=O)Cc1ccccc1N)c1ccccc1. The number of nitrogen functional groups attached to an aromatic ring is 1. The van der Waals surface area contributed by atoms with E-state index < -0.39 is 10.0 Å². The van der Waals surface area contributed by atoms with Gasteiger partial charge in [0.05, 0.1) is 5.75 Å². The van der Waals surface area contributed by atoms with Crippen LogP contribution in [-0.4, -0.2) is 8.42 Å². The summed E-state index contributed by atoms with van der Waals surface area (Å²) in [6.45, 7) is 1.82. The molecule has 0 spiro atoms. The predicted octanol–water partition coefficient (Wildman–Crippen LogP) is 2.45. The molecule has 0 aliphatic carbocycles. The highest BCUT2D eigenvalue weighted by atomic mass is 32.2. The standard InChI is InChI=1S/C15H18N2O2S/c1-12(13-7-3-2-4-8-13)17-20(18,19)11-14-9-5-6-10-15(14)16/h2-10,12,17H,11,16H2,1H3/t12-/m1/s1. The molecule has 5 heteroatoms. The molecule has 2 aromatic rings. The summed E-state index contributed by atoms with van der Waals surface area (Å²) in [7, 11) is -3.43. The normalized spacial score (nSPS) is 13.1. The lowest BCUT2D eigenvalue weighted by Gasteiger charge is -2.15. The topological polar surface area (TPSA) is 72.2 Å². The summed E-state index contributed by atoms with van der Waals surface area (Å²) in [5.74, 6) is -0.114. The molecule has 0 aliphatic rings. The fraction of sp³-hybridized carbons (Fsp3) is 0.200. The fourth-order valence-electron chi connectivity index (χ4n) is 1.99. The second kappa shape index (κ2) is 6.07. The Bertz CT molecular complexity index is 669. The maximum Gasteiger partial charge on any atom is 0.216 e. The van der Waals surface area contributed by atoms with Crippen LogP contribution in [0.3, 0.4) is 0 Å². The van der Waals surface area contributed by atoms with Gasteiger partial charge in [-0.05, 0) is 24.1 Å². The average molecular weight is 290 g/mol. The zero-order valence-corrected chi connectivity index (χ0v) is 12.1. The van der Waals surface area contributed by atoms with Crippen LogP contribution >= 0.6 is 0 Å². The van der Waals surface area contributed by atoms with E-state index in [0.29, 0.717) is 11.3 Å². The number of anilines is 1. The van der Waals surface area contributed by atoms with Gasteiger partial charge in [0, 0.05) is 11.7 Å². The largest absolute Gasteiger partial charge is 0.398 e. The molecule has 0 unspecified atom stereocenters. The van der Waals surface area contributed by atoms with Crippen LogP contribution in [0.4, 0.5) is 5.69 Å². The van der Waals surface area contributed by atoms with Crippen molar-refractivity contribution in [3.8, 4) is 0 Å². The Labute approximate surface area is 119 Å². The van der Waals surface area contributed by atoms with Gasteiger partial charge < -0.3 is 5.73 Å². The van der Waals surface area contributed by atoms with Crippen molar-refractivity contribution in [1.82, 2.24) is 4.72 Å². The number of nitrogens with two attached hydrogens (primary N) is 1. The van der Waals surface area contributed by atoms with E-state index in [-0.39, 0.29) is 11.8 Å². The summed E-state index contributed by atoms with van der Waals surface area (Å²) in [6.07, 6.45) is 0. The number of rotatable bonds is 5. The van der Waals surface area contributed by atoms with Crippen LogP contribution in [0, 0.1) is 0 Å². The third kappa shape index (κ3) is 3.82. The van der Waals surface area contributed by atoms with Crippen molar-refractivity contribution >= 4 is 15.7 Å². The molecule has 3 N–H and O–H groups in total. The smallest absolute Gasteiger partial charge is 0.216 e. The van der Waals surface area contributed by atoms with Crippen LogP contribution in [0.2, 0.25) is 0 Å². The van der Waals surface area contributed by atoms with Gasteiger partial charge in [-0.2, -0.15) is 0 Å². The maximum absolute atomic E-state index is 12.2. The van der Waals surface area contributed by atoms with Gasteiger partial charge in [-0.25, -0.2) is 13.1 Å². The first-order valence-electron chi connectivity index (χ1n) is 6.36. The van der Waals surface area contributed by atoms with E-state index in [9.17, 15) is 8.42 Å². The first-order chi connectivity index (χ1) is 9.48. The fourth-order valence-corrected chi connectivity index (χ4v) is 3.42.